The molecule has 7 heteroatoms. The van der Waals surface area contributed by atoms with E-state index in [2.05, 4.69) is 4.98 Å². The number of hydrogen-bond donors (Lipinski definition) is 0. The fraction of sp³-hybridized carbons (Fsp3) is 0.273. The number of aryl methyl sites for hydroxylation is 1. The average molecular weight is 416 g/mol. The van der Waals surface area contributed by atoms with Crippen LogP contribution in [0, 0.1) is 6.92 Å². The number of aromatic nitrogens is 1. The zero-order chi connectivity index (χ0) is 21.0. The number of nitrogens with zero attached hydrogens (tertiary/aromatic N) is 1. The Kier molecular flexibility index (Phi) is 6.44. The topological polar surface area (TPSA) is 70.8 Å². The molecule has 0 N–H and O–H groups in total. The summed E-state index contributed by atoms with van der Waals surface area (Å²) < 4.78 is 22.1. The molecule has 0 spiro atoms. The van der Waals surface area contributed by atoms with E-state index in [1.165, 1.54) is 19.2 Å². The van der Waals surface area contributed by atoms with Crippen molar-refractivity contribution in [2.24, 2.45) is 0 Å². The van der Waals surface area contributed by atoms with Gasteiger partial charge in [0.1, 0.15) is 18.1 Å². The lowest BCUT2D eigenvalue weighted by Gasteiger charge is -2.16. The van der Waals surface area contributed by atoms with Gasteiger partial charge in [0, 0.05) is 5.56 Å². The van der Waals surface area contributed by atoms with E-state index in [1.54, 1.807) is 6.92 Å². The van der Waals surface area contributed by atoms with E-state index < -0.39 is 5.97 Å². The van der Waals surface area contributed by atoms with E-state index in [4.69, 9.17) is 30.2 Å². The maximum absolute atomic E-state index is 12.5. The van der Waals surface area contributed by atoms with Crippen LogP contribution in [-0.2, 0) is 11.3 Å². The highest BCUT2D eigenvalue weighted by Gasteiger charge is 2.19. The van der Waals surface area contributed by atoms with Gasteiger partial charge in [-0.2, -0.15) is 0 Å². The van der Waals surface area contributed by atoms with Crippen LogP contribution in [0.15, 0.2) is 46.9 Å². The molecule has 0 unspecified atom stereocenters. The van der Waals surface area contributed by atoms with Gasteiger partial charge in [-0.15, -0.1) is 0 Å². The number of halogens is 1. The quantitative estimate of drug-likeness (QED) is 0.477. The van der Waals surface area contributed by atoms with Crippen LogP contribution in [0.1, 0.15) is 35.7 Å². The number of oxazole rings is 1. The number of carbonyl (C=O) groups excluding carboxylic acids is 1. The molecular weight excluding hydrogens is 394 g/mol. The first-order chi connectivity index (χ1) is 13.9. The number of carbonyl (C=O) groups is 1. The normalized spacial score (nSPS) is 10.8. The summed E-state index contributed by atoms with van der Waals surface area (Å²) >= 11 is 6.27. The molecule has 0 atom stereocenters. The summed E-state index contributed by atoms with van der Waals surface area (Å²) in [4.78, 5) is 17.0. The molecule has 6 nitrogen and oxygen atoms in total. The molecule has 0 aliphatic heterocycles. The van der Waals surface area contributed by atoms with Crippen molar-refractivity contribution in [3.8, 4) is 23.0 Å². The Morgan fingerprint density at radius 3 is 2.59 bits per heavy atom. The number of hydrogen-bond acceptors (Lipinski definition) is 6. The van der Waals surface area contributed by atoms with Gasteiger partial charge in [0.2, 0.25) is 5.89 Å². The molecule has 3 rings (SSSR count). The van der Waals surface area contributed by atoms with Crippen molar-refractivity contribution < 1.29 is 23.4 Å². The van der Waals surface area contributed by atoms with Crippen molar-refractivity contribution in [1.82, 2.24) is 4.98 Å². The van der Waals surface area contributed by atoms with Gasteiger partial charge in [-0.1, -0.05) is 29.8 Å². The van der Waals surface area contributed by atoms with Crippen LogP contribution in [0.2, 0.25) is 5.02 Å². The minimum Gasteiger partial charge on any atom is -0.493 e. The van der Waals surface area contributed by atoms with Gasteiger partial charge in [0.05, 0.1) is 23.8 Å². The van der Waals surface area contributed by atoms with Crippen molar-refractivity contribution in [2.75, 3.05) is 7.11 Å². The zero-order valence-electron chi connectivity index (χ0n) is 16.7. The summed E-state index contributed by atoms with van der Waals surface area (Å²) in [5, 5.41) is 0.272. The van der Waals surface area contributed by atoms with E-state index >= 15 is 0 Å². The number of rotatable bonds is 7. The second-order valence-electron chi connectivity index (χ2n) is 6.62. The Bertz CT molecular complexity index is 998. The van der Waals surface area contributed by atoms with Crippen LogP contribution < -0.4 is 9.47 Å². The second-order valence-corrected chi connectivity index (χ2v) is 7.03. The molecule has 1 aromatic heterocycles. The minimum atomic E-state index is -0.551. The maximum Gasteiger partial charge on any atom is 0.338 e. The molecule has 0 radical (unpaired) electrons. The highest BCUT2D eigenvalue weighted by Crippen LogP contribution is 2.37. The van der Waals surface area contributed by atoms with Gasteiger partial charge in [0.15, 0.2) is 11.5 Å². The average Bonchev–Trinajstić information content (AvgIpc) is 3.08. The van der Waals surface area contributed by atoms with Crippen molar-refractivity contribution in [1.29, 1.82) is 0 Å². The third-order valence-corrected chi connectivity index (χ3v) is 4.35. The van der Waals surface area contributed by atoms with Gasteiger partial charge in [-0.25, -0.2) is 9.78 Å². The molecule has 1 heterocycles. The lowest BCUT2D eigenvalue weighted by Crippen LogP contribution is -2.10. The number of benzene rings is 2. The fourth-order valence-corrected chi connectivity index (χ4v) is 2.93. The predicted octanol–water partition coefficient (Wildman–Crippen LogP) is 5.46. The van der Waals surface area contributed by atoms with Crippen LogP contribution in [0.25, 0.3) is 11.5 Å². The Morgan fingerprint density at radius 2 is 1.93 bits per heavy atom. The van der Waals surface area contributed by atoms with Gasteiger partial charge in [-0.05, 0) is 45.0 Å². The summed E-state index contributed by atoms with van der Waals surface area (Å²) in [6.07, 6.45) is -0.0897. The number of esters is 1. The van der Waals surface area contributed by atoms with Crippen molar-refractivity contribution >= 4 is 17.6 Å². The summed E-state index contributed by atoms with van der Waals surface area (Å²) in [6, 6.07) is 12.5. The molecule has 3 aromatic rings. The van der Waals surface area contributed by atoms with Crippen LogP contribution in [-0.4, -0.2) is 24.2 Å². The molecular formula is C22H22ClNO5. The van der Waals surface area contributed by atoms with Crippen molar-refractivity contribution in [2.45, 2.75) is 33.5 Å². The zero-order valence-corrected chi connectivity index (χ0v) is 17.4. The third-order valence-electron chi connectivity index (χ3n) is 4.07. The number of methoxy groups -OCH3 is 1. The molecule has 0 fully saturated rings. The maximum atomic E-state index is 12.5. The third kappa shape index (κ3) is 4.90. The Labute approximate surface area is 174 Å². The van der Waals surface area contributed by atoms with Gasteiger partial charge >= 0.3 is 5.97 Å². The first-order valence-electron chi connectivity index (χ1n) is 9.12. The summed E-state index contributed by atoms with van der Waals surface area (Å²) in [7, 11) is 1.48. The lowest BCUT2D eigenvalue weighted by molar-refractivity contribution is 0.0466. The van der Waals surface area contributed by atoms with Crippen molar-refractivity contribution in [3.63, 3.8) is 0 Å². The molecule has 29 heavy (non-hydrogen) atoms. The molecule has 0 amide bonds. The van der Waals surface area contributed by atoms with Crippen LogP contribution in [0.3, 0.4) is 0 Å². The van der Waals surface area contributed by atoms with E-state index in [-0.39, 0.29) is 23.3 Å². The minimum absolute atomic E-state index is 0.0226. The standard InChI is InChI=1S/C22H22ClNO5/c1-13(2)28-20-17(23)10-16(11-19(20)26-4)22(25)27-12-18-14(3)29-21(24-18)15-8-6-5-7-9-15/h5-11,13H,12H2,1-4H3. The van der Waals surface area contributed by atoms with E-state index in [0.29, 0.717) is 28.8 Å². The first kappa shape index (κ1) is 20.7. The Morgan fingerprint density at radius 1 is 1.21 bits per heavy atom. The SMILES string of the molecule is COc1cc(C(=O)OCc2nc(-c3ccccc3)oc2C)cc(Cl)c1OC(C)C. The van der Waals surface area contributed by atoms with Crippen LogP contribution in [0.4, 0.5) is 0 Å². The first-order valence-corrected chi connectivity index (χ1v) is 9.50. The molecule has 152 valence electrons. The largest absolute Gasteiger partial charge is 0.493 e. The fourth-order valence-electron chi connectivity index (χ4n) is 2.67. The predicted molar refractivity (Wildman–Crippen MR) is 110 cm³/mol. The smallest absolute Gasteiger partial charge is 0.338 e. The summed E-state index contributed by atoms with van der Waals surface area (Å²) in [5.74, 6) is 1.27. The van der Waals surface area contributed by atoms with E-state index in [1.807, 2.05) is 44.2 Å². The number of ether oxygens (including phenoxy) is 3. The molecule has 0 saturated heterocycles. The Balaban J connectivity index is 1.74. The van der Waals surface area contributed by atoms with Crippen LogP contribution >= 0.6 is 11.6 Å². The van der Waals surface area contributed by atoms with Gasteiger partial charge in [-0.3, -0.25) is 0 Å². The molecule has 2 aromatic carbocycles. The lowest BCUT2D eigenvalue weighted by atomic mass is 10.2. The molecule has 0 saturated carbocycles. The monoisotopic (exact) mass is 415 g/mol. The van der Waals surface area contributed by atoms with Crippen LogP contribution in [0.5, 0.6) is 11.5 Å². The van der Waals surface area contributed by atoms with E-state index in [0.717, 1.165) is 5.56 Å². The molecule has 0 aliphatic carbocycles. The Hall–Kier alpha value is -2.99. The van der Waals surface area contributed by atoms with Gasteiger partial charge < -0.3 is 18.6 Å². The van der Waals surface area contributed by atoms with E-state index in [9.17, 15) is 4.79 Å². The highest BCUT2D eigenvalue weighted by atomic mass is 35.5. The van der Waals surface area contributed by atoms with Crippen molar-refractivity contribution in [3.05, 3.63) is 64.5 Å². The summed E-state index contributed by atoms with van der Waals surface area (Å²) in [6.45, 7) is 5.51. The molecule has 0 aliphatic rings. The second kappa shape index (κ2) is 9.01. The summed E-state index contributed by atoms with van der Waals surface area (Å²) in [5.41, 5.74) is 1.66. The van der Waals surface area contributed by atoms with Gasteiger partial charge in [0.25, 0.3) is 0 Å². The molecule has 0 bridgehead atoms. The highest BCUT2D eigenvalue weighted by molar-refractivity contribution is 6.32.